The second kappa shape index (κ2) is 5.98. The van der Waals surface area contributed by atoms with Crippen molar-refractivity contribution in [3.8, 4) is 0 Å². The average Bonchev–Trinajstić information content (AvgIpc) is 2.01. The fourth-order valence-electron chi connectivity index (χ4n) is 1.15. The van der Waals surface area contributed by atoms with Crippen LogP contribution < -0.4 is 5.73 Å². The molecule has 4 heteroatoms. The molecule has 0 atom stereocenters. The molecule has 14 heavy (non-hydrogen) atoms. The zero-order valence-corrected chi connectivity index (χ0v) is 9.67. The van der Waals surface area contributed by atoms with Crippen molar-refractivity contribution in [3.63, 3.8) is 0 Å². The zero-order chi connectivity index (χ0) is 11.2. The lowest BCUT2D eigenvalue weighted by molar-refractivity contribution is -0.135. The van der Waals surface area contributed by atoms with E-state index in [2.05, 4.69) is 20.8 Å². The molecular formula is C10H22N2O2. The third-order valence-electron chi connectivity index (χ3n) is 1.62. The van der Waals surface area contributed by atoms with Gasteiger partial charge in [-0.25, -0.2) is 0 Å². The number of hydrogen-bond acceptors (Lipinski definition) is 3. The van der Waals surface area contributed by atoms with Crippen LogP contribution in [0.4, 0.5) is 0 Å². The number of ether oxygens (including phenoxy) is 1. The summed E-state index contributed by atoms with van der Waals surface area (Å²) in [6.07, 6.45) is 0. The van der Waals surface area contributed by atoms with Gasteiger partial charge in [-0.3, -0.25) is 4.79 Å². The standard InChI is InChI=1S/C10H22N2O2/c1-10(2,3)8-12(4)9(13)7-14-6-5-11/h5-8,11H2,1-4H3. The van der Waals surface area contributed by atoms with Crippen LogP contribution in [0.25, 0.3) is 0 Å². The van der Waals surface area contributed by atoms with Gasteiger partial charge in [0.2, 0.25) is 5.91 Å². The van der Waals surface area contributed by atoms with Gasteiger partial charge < -0.3 is 15.4 Å². The smallest absolute Gasteiger partial charge is 0.248 e. The van der Waals surface area contributed by atoms with E-state index in [-0.39, 0.29) is 17.9 Å². The van der Waals surface area contributed by atoms with E-state index in [9.17, 15) is 4.79 Å². The quantitative estimate of drug-likeness (QED) is 0.659. The minimum absolute atomic E-state index is 0.00775. The summed E-state index contributed by atoms with van der Waals surface area (Å²) in [5, 5.41) is 0. The van der Waals surface area contributed by atoms with Crippen LogP contribution in [0.3, 0.4) is 0 Å². The highest BCUT2D eigenvalue weighted by molar-refractivity contribution is 5.77. The van der Waals surface area contributed by atoms with Crippen molar-refractivity contribution >= 4 is 5.91 Å². The van der Waals surface area contributed by atoms with E-state index in [1.165, 1.54) is 0 Å². The topological polar surface area (TPSA) is 55.6 Å². The van der Waals surface area contributed by atoms with E-state index in [0.717, 1.165) is 6.54 Å². The Morgan fingerprint density at radius 2 is 2.00 bits per heavy atom. The van der Waals surface area contributed by atoms with Crippen LogP contribution in [-0.4, -0.2) is 44.2 Å². The molecule has 2 N–H and O–H groups in total. The Morgan fingerprint density at radius 3 is 2.43 bits per heavy atom. The second-order valence-electron chi connectivity index (χ2n) is 4.65. The number of nitrogens with two attached hydrogens (primary N) is 1. The van der Waals surface area contributed by atoms with Crippen LogP contribution in [0.15, 0.2) is 0 Å². The Hall–Kier alpha value is -0.610. The summed E-state index contributed by atoms with van der Waals surface area (Å²) in [4.78, 5) is 13.1. The summed E-state index contributed by atoms with van der Waals surface area (Å²) in [6.45, 7) is 8.04. The van der Waals surface area contributed by atoms with Crippen LogP contribution in [0, 0.1) is 5.41 Å². The van der Waals surface area contributed by atoms with Crippen LogP contribution in [-0.2, 0) is 9.53 Å². The second-order valence-corrected chi connectivity index (χ2v) is 4.65. The number of rotatable bonds is 5. The molecule has 0 aliphatic heterocycles. The molecule has 0 saturated heterocycles. The van der Waals surface area contributed by atoms with Gasteiger partial charge in [0.15, 0.2) is 0 Å². The first-order chi connectivity index (χ1) is 6.37. The molecule has 0 bridgehead atoms. The highest BCUT2D eigenvalue weighted by atomic mass is 16.5. The SMILES string of the molecule is CN(CC(C)(C)C)C(=O)COCCN. The van der Waals surface area contributed by atoms with Crippen molar-refractivity contribution in [3.05, 3.63) is 0 Å². The first kappa shape index (κ1) is 13.4. The molecule has 1 amide bonds. The average molecular weight is 202 g/mol. The van der Waals surface area contributed by atoms with Crippen molar-refractivity contribution in [2.45, 2.75) is 20.8 Å². The largest absolute Gasteiger partial charge is 0.370 e. The molecule has 0 unspecified atom stereocenters. The molecule has 0 aliphatic rings. The lowest BCUT2D eigenvalue weighted by Gasteiger charge is -2.26. The van der Waals surface area contributed by atoms with Gasteiger partial charge in [0.1, 0.15) is 6.61 Å². The maximum atomic E-state index is 11.5. The molecule has 0 aromatic carbocycles. The van der Waals surface area contributed by atoms with Crippen molar-refractivity contribution in [1.29, 1.82) is 0 Å². The summed E-state index contributed by atoms with van der Waals surface area (Å²) in [5.74, 6) is 0.00775. The van der Waals surface area contributed by atoms with Crippen LogP contribution in [0.1, 0.15) is 20.8 Å². The highest BCUT2D eigenvalue weighted by Gasteiger charge is 2.17. The molecule has 0 aliphatic carbocycles. The maximum Gasteiger partial charge on any atom is 0.248 e. The van der Waals surface area contributed by atoms with Gasteiger partial charge in [0.25, 0.3) is 0 Å². The Labute approximate surface area is 86.4 Å². The van der Waals surface area contributed by atoms with Crippen LogP contribution in [0.2, 0.25) is 0 Å². The molecular weight excluding hydrogens is 180 g/mol. The van der Waals surface area contributed by atoms with Crippen molar-refractivity contribution in [2.75, 3.05) is 33.4 Å². The zero-order valence-electron chi connectivity index (χ0n) is 9.67. The number of amides is 1. The van der Waals surface area contributed by atoms with Crippen LogP contribution in [0.5, 0.6) is 0 Å². The number of nitrogens with zero attached hydrogens (tertiary/aromatic N) is 1. The Bertz CT molecular complexity index is 175. The molecule has 0 aromatic rings. The molecule has 0 aromatic heterocycles. The fraction of sp³-hybridized carbons (Fsp3) is 0.900. The fourth-order valence-corrected chi connectivity index (χ4v) is 1.15. The number of likely N-dealkylation sites (N-methyl/N-ethyl adjacent to an activating group) is 1. The molecule has 84 valence electrons. The van der Waals surface area contributed by atoms with E-state index in [1.54, 1.807) is 11.9 Å². The third kappa shape index (κ3) is 6.86. The summed E-state index contributed by atoms with van der Waals surface area (Å²) in [7, 11) is 1.79. The van der Waals surface area contributed by atoms with Gasteiger partial charge in [-0.15, -0.1) is 0 Å². The molecule has 0 rings (SSSR count). The Morgan fingerprint density at radius 1 is 1.43 bits per heavy atom. The molecule has 0 spiro atoms. The first-order valence-electron chi connectivity index (χ1n) is 4.88. The predicted molar refractivity (Wildman–Crippen MR) is 57.0 cm³/mol. The number of carbonyl (C=O) groups is 1. The predicted octanol–water partition coefficient (Wildman–Crippen LogP) is 0.466. The van der Waals surface area contributed by atoms with E-state index in [1.807, 2.05) is 0 Å². The van der Waals surface area contributed by atoms with Gasteiger partial charge in [-0.2, -0.15) is 0 Å². The molecule has 0 heterocycles. The lowest BCUT2D eigenvalue weighted by Crippen LogP contribution is -2.37. The van der Waals surface area contributed by atoms with Gasteiger partial charge in [0, 0.05) is 20.1 Å². The Balaban J connectivity index is 3.77. The van der Waals surface area contributed by atoms with Crippen LogP contribution >= 0.6 is 0 Å². The lowest BCUT2D eigenvalue weighted by atomic mass is 9.96. The highest BCUT2D eigenvalue weighted by Crippen LogP contribution is 2.13. The van der Waals surface area contributed by atoms with Gasteiger partial charge in [-0.1, -0.05) is 20.8 Å². The molecule has 4 nitrogen and oxygen atoms in total. The minimum Gasteiger partial charge on any atom is -0.370 e. The third-order valence-corrected chi connectivity index (χ3v) is 1.62. The minimum atomic E-state index is 0.00775. The summed E-state index contributed by atoms with van der Waals surface area (Å²) in [6, 6.07) is 0. The van der Waals surface area contributed by atoms with Crippen molar-refractivity contribution in [1.82, 2.24) is 4.90 Å². The summed E-state index contributed by atoms with van der Waals surface area (Å²) < 4.78 is 5.06. The van der Waals surface area contributed by atoms with Crippen molar-refractivity contribution < 1.29 is 9.53 Å². The van der Waals surface area contributed by atoms with E-state index < -0.39 is 0 Å². The normalized spacial score (nSPS) is 11.5. The monoisotopic (exact) mass is 202 g/mol. The van der Waals surface area contributed by atoms with Gasteiger partial charge >= 0.3 is 0 Å². The van der Waals surface area contributed by atoms with E-state index in [4.69, 9.17) is 10.5 Å². The summed E-state index contributed by atoms with van der Waals surface area (Å²) in [5.41, 5.74) is 5.37. The van der Waals surface area contributed by atoms with Crippen molar-refractivity contribution in [2.24, 2.45) is 11.1 Å². The van der Waals surface area contributed by atoms with E-state index in [0.29, 0.717) is 13.2 Å². The summed E-state index contributed by atoms with van der Waals surface area (Å²) >= 11 is 0. The van der Waals surface area contributed by atoms with E-state index >= 15 is 0 Å². The van der Waals surface area contributed by atoms with Gasteiger partial charge in [0.05, 0.1) is 6.61 Å². The molecule has 0 radical (unpaired) electrons. The Kier molecular flexibility index (Phi) is 5.72. The maximum absolute atomic E-state index is 11.5. The molecule has 0 fully saturated rings. The van der Waals surface area contributed by atoms with Gasteiger partial charge in [-0.05, 0) is 5.41 Å². The number of carbonyl (C=O) groups excluding carboxylic acids is 1. The first-order valence-corrected chi connectivity index (χ1v) is 4.88. The number of hydrogen-bond donors (Lipinski definition) is 1. The molecule has 0 saturated carbocycles.